The molecule has 0 saturated carbocycles. The number of hydrogen-bond donors (Lipinski definition) is 5. The second-order valence-corrected chi connectivity index (χ2v) is 7.94. The molecule has 7 N–H and O–H groups in total. The lowest BCUT2D eigenvalue weighted by molar-refractivity contribution is -0.114. The van der Waals surface area contributed by atoms with Gasteiger partial charge in [-0.2, -0.15) is 8.42 Å². The summed E-state index contributed by atoms with van der Waals surface area (Å²) in [7, 11) is -3.94. The summed E-state index contributed by atoms with van der Waals surface area (Å²) in [4.78, 5) is 11.1. The fourth-order valence-corrected chi connectivity index (χ4v) is 3.40. The van der Waals surface area contributed by atoms with E-state index in [0.717, 1.165) is 5.69 Å². The Bertz CT molecular complexity index is 1210. The van der Waals surface area contributed by atoms with E-state index in [9.17, 15) is 13.2 Å². The molecule has 0 aliphatic heterocycles. The van der Waals surface area contributed by atoms with Gasteiger partial charge in [0.15, 0.2) is 11.6 Å². The summed E-state index contributed by atoms with van der Waals surface area (Å²) in [5.74, 6) is 0.267. The molecule has 2 aromatic carbocycles. The topological polar surface area (TPSA) is 177 Å². The van der Waals surface area contributed by atoms with Gasteiger partial charge in [-0.3, -0.25) is 4.79 Å². The first kappa shape index (κ1) is 21.5. The Morgan fingerprint density at radius 1 is 0.871 bits per heavy atom. The highest BCUT2D eigenvalue weighted by molar-refractivity contribution is 7.90. The highest BCUT2D eigenvalue weighted by atomic mass is 32.2. The predicted octanol–water partition coefficient (Wildman–Crippen LogP) is 1.88. The Morgan fingerprint density at radius 3 is 2.00 bits per heavy atom. The van der Waals surface area contributed by atoms with Gasteiger partial charge in [-0.1, -0.05) is 6.07 Å². The van der Waals surface area contributed by atoms with E-state index in [1.807, 2.05) is 6.07 Å². The fourth-order valence-electron chi connectivity index (χ4n) is 2.54. The molecule has 1 amide bonds. The first-order valence-corrected chi connectivity index (χ1v) is 10.4. The Kier molecular flexibility index (Phi) is 6.31. The van der Waals surface area contributed by atoms with Gasteiger partial charge in [-0.25, -0.2) is 0 Å². The Morgan fingerprint density at radius 2 is 1.45 bits per heavy atom. The average Bonchev–Trinajstić information content (AvgIpc) is 2.69. The number of nitrogens with zero attached hydrogens (tertiary/aromatic N) is 3. The van der Waals surface area contributed by atoms with E-state index in [2.05, 4.69) is 30.5 Å². The van der Waals surface area contributed by atoms with Crippen LogP contribution in [0.4, 0.5) is 28.7 Å². The smallest absolute Gasteiger partial charge is 0.285 e. The van der Waals surface area contributed by atoms with Crippen LogP contribution in [-0.4, -0.2) is 30.5 Å². The summed E-state index contributed by atoms with van der Waals surface area (Å²) in [5.41, 5.74) is 12.3. The van der Waals surface area contributed by atoms with Crippen molar-refractivity contribution in [3.8, 4) is 0 Å². The summed E-state index contributed by atoms with van der Waals surface area (Å²) in [6.45, 7) is 1.44. The number of nitrogens with two attached hydrogens (primary N) is 2. The van der Waals surface area contributed by atoms with Crippen LogP contribution in [0.3, 0.4) is 0 Å². The molecule has 0 aliphatic rings. The molecule has 0 bridgehead atoms. The number of sulfonamides is 1. The molecule has 0 fully saturated rings. The molecule has 160 valence electrons. The lowest BCUT2D eigenvalue weighted by atomic mass is 10.2. The van der Waals surface area contributed by atoms with Crippen LogP contribution < -0.4 is 27.4 Å². The maximum Gasteiger partial charge on any atom is 0.285 e. The molecule has 0 aliphatic carbocycles. The molecule has 11 nitrogen and oxygen atoms in total. The summed E-state index contributed by atoms with van der Waals surface area (Å²) in [5, 5.41) is 17.0. The van der Waals surface area contributed by atoms with Crippen molar-refractivity contribution in [1.29, 1.82) is 0 Å². The zero-order chi connectivity index (χ0) is 22.4. The molecule has 0 radical (unpaired) electrons. The molecule has 0 unspecified atom stereocenters. The zero-order valence-electron chi connectivity index (χ0n) is 16.4. The Labute approximate surface area is 178 Å². The summed E-state index contributed by atoms with van der Waals surface area (Å²) in [6.07, 6.45) is 0. The molecule has 0 saturated heterocycles. The number of rotatable bonds is 7. The number of hydrogen-bond acceptors (Lipinski definition) is 7. The van der Waals surface area contributed by atoms with Crippen molar-refractivity contribution in [2.75, 3.05) is 16.0 Å². The van der Waals surface area contributed by atoms with E-state index in [1.165, 1.54) is 19.1 Å². The van der Waals surface area contributed by atoms with E-state index >= 15 is 0 Å². The average molecular weight is 440 g/mol. The van der Waals surface area contributed by atoms with Gasteiger partial charge in [0.05, 0.1) is 4.90 Å². The molecular formula is C19H20N8O3S. The van der Waals surface area contributed by atoms with Gasteiger partial charge in [0, 0.05) is 24.0 Å². The SMILES string of the molecule is CC(=O)Nc1cccc(Nc2ccc(Nc3ccc(S(=O)(=O)N=C(N)N)cc3)nn2)c1. The monoisotopic (exact) mass is 440 g/mol. The maximum atomic E-state index is 12.0. The van der Waals surface area contributed by atoms with Crippen LogP contribution in [0.1, 0.15) is 6.92 Å². The lowest BCUT2D eigenvalue weighted by Crippen LogP contribution is -2.24. The fraction of sp³-hybridized carbons (Fsp3) is 0.0526. The highest BCUT2D eigenvalue weighted by Gasteiger charge is 2.12. The molecule has 1 aromatic heterocycles. The number of carbonyl (C=O) groups excluding carboxylic acids is 1. The van der Waals surface area contributed by atoms with Gasteiger partial charge in [-0.15, -0.1) is 14.6 Å². The van der Waals surface area contributed by atoms with Crippen LogP contribution >= 0.6 is 0 Å². The largest absolute Gasteiger partial charge is 0.369 e. The third kappa shape index (κ3) is 6.14. The van der Waals surface area contributed by atoms with Crippen molar-refractivity contribution < 1.29 is 13.2 Å². The third-order valence-corrected chi connectivity index (χ3v) is 5.09. The first-order valence-electron chi connectivity index (χ1n) is 8.93. The van der Waals surface area contributed by atoms with E-state index in [-0.39, 0.29) is 10.8 Å². The van der Waals surface area contributed by atoms with E-state index in [1.54, 1.807) is 42.5 Å². The molecule has 3 aromatic rings. The van der Waals surface area contributed by atoms with Crippen LogP contribution in [0, 0.1) is 0 Å². The van der Waals surface area contributed by atoms with Gasteiger partial charge in [0.25, 0.3) is 10.0 Å². The minimum absolute atomic E-state index is 0.0430. The summed E-state index contributed by atoms with van der Waals surface area (Å²) in [6, 6.07) is 16.4. The number of carbonyl (C=O) groups is 1. The highest BCUT2D eigenvalue weighted by Crippen LogP contribution is 2.21. The predicted molar refractivity (Wildman–Crippen MR) is 119 cm³/mol. The van der Waals surface area contributed by atoms with Crippen LogP contribution in [0.5, 0.6) is 0 Å². The normalized spacial score (nSPS) is 10.7. The molecular weight excluding hydrogens is 420 g/mol. The number of benzene rings is 2. The van der Waals surface area contributed by atoms with Crippen molar-refractivity contribution in [3.63, 3.8) is 0 Å². The third-order valence-electron chi connectivity index (χ3n) is 3.77. The van der Waals surface area contributed by atoms with Crippen LogP contribution in [-0.2, 0) is 14.8 Å². The summed E-state index contributed by atoms with van der Waals surface area (Å²) >= 11 is 0. The van der Waals surface area contributed by atoms with E-state index in [4.69, 9.17) is 11.5 Å². The molecule has 12 heteroatoms. The van der Waals surface area contributed by atoms with Crippen molar-refractivity contribution in [2.24, 2.45) is 15.9 Å². The minimum Gasteiger partial charge on any atom is -0.369 e. The zero-order valence-corrected chi connectivity index (χ0v) is 17.2. The molecule has 0 atom stereocenters. The number of guanidine groups is 1. The van der Waals surface area contributed by atoms with Gasteiger partial charge >= 0.3 is 0 Å². The lowest BCUT2D eigenvalue weighted by Gasteiger charge is -2.09. The van der Waals surface area contributed by atoms with Crippen LogP contribution in [0.25, 0.3) is 0 Å². The Hall–Kier alpha value is -4.19. The standard InChI is InChI=1S/C19H20N8O3S/c1-12(28)22-14-3-2-4-15(11-14)24-18-10-9-17(25-26-18)23-13-5-7-16(8-6-13)31(29,30)27-19(20)21/h2-11H,1H3,(H,22,28)(H,23,25)(H,24,26)(H4,20,21,27). The van der Waals surface area contributed by atoms with E-state index in [0.29, 0.717) is 23.0 Å². The maximum absolute atomic E-state index is 12.0. The number of nitrogens with one attached hydrogen (secondary N) is 3. The minimum atomic E-state index is -3.94. The molecule has 31 heavy (non-hydrogen) atoms. The van der Waals surface area contributed by atoms with Crippen molar-refractivity contribution in [2.45, 2.75) is 11.8 Å². The van der Waals surface area contributed by atoms with Gasteiger partial charge in [0.2, 0.25) is 11.9 Å². The van der Waals surface area contributed by atoms with Gasteiger partial charge < -0.3 is 27.4 Å². The number of anilines is 5. The van der Waals surface area contributed by atoms with Crippen molar-refractivity contribution in [3.05, 3.63) is 60.7 Å². The van der Waals surface area contributed by atoms with Crippen molar-refractivity contribution >= 4 is 50.6 Å². The number of amides is 1. The molecule has 1 heterocycles. The van der Waals surface area contributed by atoms with Gasteiger partial charge in [-0.05, 0) is 54.6 Å². The van der Waals surface area contributed by atoms with E-state index < -0.39 is 16.0 Å². The second-order valence-electron chi connectivity index (χ2n) is 6.33. The number of aromatic nitrogens is 2. The molecule has 0 spiro atoms. The molecule has 3 rings (SSSR count). The Balaban J connectivity index is 1.66. The van der Waals surface area contributed by atoms with Crippen LogP contribution in [0.2, 0.25) is 0 Å². The second kappa shape index (κ2) is 9.09. The van der Waals surface area contributed by atoms with Crippen molar-refractivity contribution in [1.82, 2.24) is 10.2 Å². The quantitative estimate of drug-likeness (QED) is 0.271. The van der Waals surface area contributed by atoms with Gasteiger partial charge in [0.1, 0.15) is 0 Å². The van der Waals surface area contributed by atoms with Crippen LogP contribution in [0.15, 0.2) is 70.0 Å². The first-order chi connectivity index (χ1) is 14.7. The summed E-state index contributed by atoms with van der Waals surface area (Å²) < 4.78 is 27.1.